The number of rotatable bonds is 7. The van der Waals surface area contributed by atoms with Crippen molar-refractivity contribution in [2.75, 3.05) is 0 Å². The molecule has 0 fully saturated rings. The molecule has 124 valence electrons. The second-order valence-corrected chi connectivity index (χ2v) is 7.66. The Kier molecular flexibility index (Phi) is 6.07. The number of hydrogen-bond acceptors (Lipinski definition) is 3. The summed E-state index contributed by atoms with van der Waals surface area (Å²) in [6.07, 6.45) is 0. The molecule has 0 aliphatic carbocycles. The van der Waals surface area contributed by atoms with Crippen molar-refractivity contribution in [3.63, 3.8) is 0 Å². The number of nitrogens with one attached hydrogen (secondary N) is 1. The molecule has 0 bridgehead atoms. The van der Waals surface area contributed by atoms with Crippen LogP contribution < -0.4 is 10.1 Å². The lowest BCUT2D eigenvalue weighted by Crippen LogP contribution is -2.13. The Balaban J connectivity index is 1.62. The molecule has 1 aromatic heterocycles. The summed E-state index contributed by atoms with van der Waals surface area (Å²) in [5.74, 6) is 0.928. The van der Waals surface area contributed by atoms with Gasteiger partial charge in [-0.05, 0) is 42.1 Å². The van der Waals surface area contributed by atoms with Gasteiger partial charge < -0.3 is 10.1 Å². The van der Waals surface area contributed by atoms with Gasteiger partial charge in [-0.15, -0.1) is 11.3 Å². The fraction of sp³-hybridized carbons (Fsp3) is 0.200. The maximum Gasteiger partial charge on any atom is 0.124 e. The lowest BCUT2D eigenvalue weighted by Gasteiger charge is -2.13. The molecule has 2 aromatic carbocycles. The van der Waals surface area contributed by atoms with Crippen molar-refractivity contribution in [1.82, 2.24) is 5.32 Å². The molecule has 0 unspecified atom stereocenters. The average molecular weight is 402 g/mol. The van der Waals surface area contributed by atoms with E-state index in [1.54, 1.807) is 11.3 Å². The lowest BCUT2D eigenvalue weighted by atomic mass is 10.1. The van der Waals surface area contributed by atoms with Gasteiger partial charge in [0.1, 0.15) is 12.4 Å². The molecular weight excluding hydrogens is 382 g/mol. The first-order valence-electron chi connectivity index (χ1n) is 7.90. The number of thiophene rings is 1. The normalized spacial score (nSPS) is 10.8. The van der Waals surface area contributed by atoms with Gasteiger partial charge in [-0.2, -0.15) is 0 Å². The number of ether oxygens (including phenoxy) is 1. The Labute approximate surface area is 155 Å². The van der Waals surface area contributed by atoms with Crippen LogP contribution in [0.3, 0.4) is 0 Å². The summed E-state index contributed by atoms with van der Waals surface area (Å²) in [6.45, 7) is 4.33. The zero-order valence-corrected chi connectivity index (χ0v) is 16.0. The van der Waals surface area contributed by atoms with Crippen molar-refractivity contribution in [3.05, 3.63) is 86.0 Å². The summed E-state index contributed by atoms with van der Waals surface area (Å²) >= 11 is 5.32. The molecule has 1 heterocycles. The highest BCUT2D eigenvalue weighted by molar-refractivity contribution is 9.10. The molecule has 0 spiro atoms. The molecule has 3 aromatic rings. The number of hydrogen-bond donors (Lipinski definition) is 1. The van der Waals surface area contributed by atoms with Crippen molar-refractivity contribution in [2.45, 2.75) is 26.6 Å². The van der Waals surface area contributed by atoms with Crippen LogP contribution in [0.25, 0.3) is 0 Å². The number of aryl methyl sites for hydroxylation is 1. The van der Waals surface area contributed by atoms with Gasteiger partial charge >= 0.3 is 0 Å². The fourth-order valence-electron chi connectivity index (χ4n) is 2.41. The summed E-state index contributed by atoms with van der Waals surface area (Å²) in [6, 6.07) is 18.9. The van der Waals surface area contributed by atoms with E-state index in [2.05, 4.69) is 76.0 Å². The summed E-state index contributed by atoms with van der Waals surface area (Å²) in [4.78, 5) is 1.34. The molecule has 0 radical (unpaired) electrons. The first-order valence-corrected chi connectivity index (χ1v) is 9.58. The molecule has 0 saturated heterocycles. The van der Waals surface area contributed by atoms with E-state index < -0.39 is 0 Å². The molecule has 1 N–H and O–H groups in total. The van der Waals surface area contributed by atoms with Crippen molar-refractivity contribution < 1.29 is 4.74 Å². The maximum absolute atomic E-state index is 6.05. The quantitative estimate of drug-likeness (QED) is 0.548. The van der Waals surface area contributed by atoms with E-state index >= 15 is 0 Å². The third-order valence-electron chi connectivity index (χ3n) is 3.73. The van der Waals surface area contributed by atoms with Crippen LogP contribution in [-0.4, -0.2) is 0 Å². The molecule has 0 aliphatic rings. The van der Waals surface area contributed by atoms with E-state index in [0.717, 1.165) is 28.9 Å². The third-order valence-corrected chi connectivity index (χ3v) is 5.10. The predicted octanol–water partition coefficient (Wildman–Crippen LogP) is 5.69. The minimum absolute atomic E-state index is 0.583. The van der Waals surface area contributed by atoms with Crippen LogP contribution in [0.2, 0.25) is 0 Å². The SMILES string of the molecule is Cc1ccc(COc2ccc(Br)cc2CNCc2cccs2)cc1. The highest BCUT2D eigenvalue weighted by Crippen LogP contribution is 2.24. The van der Waals surface area contributed by atoms with Crippen LogP contribution in [-0.2, 0) is 19.7 Å². The first kappa shape index (κ1) is 17.2. The van der Waals surface area contributed by atoms with Gasteiger partial charge in [-0.1, -0.05) is 51.8 Å². The zero-order chi connectivity index (χ0) is 16.8. The highest BCUT2D eigenvalue weighted by atomic mass is 79.9. The van der Waals surface area contributed by atoms with Gasteiger partial charge in [-0.25, -0.2) is 0 Å². The lowest BCUT2D eigenvalue weighted by molar-refractivity contribution is 0.302. The van der Waals surface area contributed by atoms with Crippen LogP contribution in [0.1, 0.15) is 21.6 Å². The monoisotopic (exact) mass is 401 g/mol. The minimum atomic E-state index is 0.583. The van der Waals surface area contributed by atoms with Gasteiger partial charge in [0, 0.05) is 28.0 Å². The molecule has 0 atom stereocenters. The maximum atomic E-state index is 6.05. The standard InChI is InChI=1S/C20H20BrNOS/c1-15-4-6-16(7-5-15)14-23-20-9-8-18(21)11-17(20)12-22-13-19-3-2-10-24-19/h2-11,22H,12-14H2,1H3. The predicted molar refractivity (Wildman–Crippen MR) is 105 cm³/mol. The van der Waals surface area contributed by atoms with Gasteiger partial charge in [0.05, 0.1) is 0 Å². The summed E-state index contributed by atoms with van der Waals surface area (Å²) in [5, 5.41) is 5.59. The topological polar surface area (TPSA) is 21.3 Å². The largest absolute Gasteiger partial charge is 0.489 e. The number of halogens is 1. The highest BCUT2D eigenvalue weighted by Gasteiger charge is 2.06. The van der Waals surface area contributed by atoms with Crippen LogP contribution in [0, 0.1) is 6.92 Å². The molecule has 0 saturated carbocycles. The van der Waals surface area contributed by atoms with Crippen molar-refractivity contribution in [1.29, 1.82) is 0 Å². The van der Waals surface area contributed by atoms with Crippen LogP contribution in [0.5, 0.6) is 5.75 Å². The molecule has 0 amide bonds. The van der Waals surface area contributed by atoms with Crippen LogP contribution in [0.15, 0.2) is 64.5 Å². The fourth-order valence-corrected chi connectivity index (χ4v) is 3.49. The third kappa shape index (κ3) is 4.94. The Morgan fingerprint density at radius 1 is 1.04 bits per heavy atom. The van der Waals surface area contributed by atoms with Gasteiger partial charge in [0.15, 0.2) is 0 Å². The van der Waals surface area contributed by atoms with E-state index in [1.165, 1.54) is 16.0 Å². The van der Waals surface area contributed by atoms with E-state index in [4.69, 9.17) is 4.74 Å². The zero-order valence-electron chi connectivity index (χ0n) is 13.6. The molecular formula is C20H20BrNOS. The molecule has 0 aliphatic heterocycles. The molecule has 24 heavy (non-hydrogen) atoms. The molecule has 3 rings (SSSR count). The van der Waals surface area contributed by atoms with Crippen molar-refractivity contribution in [2.24, 2.45) is 0 Å². The summed E-state index contributed by atoms with van der Waals surface area (Å²) in [5.41, 5.74) is 3.61. The average Bonchev–Trinajstić information content (AvgIpc) is 3.09. The first-order chi connectivity index (χ1) is 11.7. The second-order valence-electron chi connectivity index (χ2n) is 5.71. The molecule has 4 heteroatoms. The van der Waals surface area contributed by atoms with Gasteiger partial charge in [0.2, 0.25) is 0 Å². The van der Waals surface area contributed by atoms with Crippen molar-refractivity contribution in [3.8, 4) is 5.75 Å². The van der Waals surface area contributed by atoms with Gasteiger partial charge in [0.25, 0.3) is 0 Å². The summed E-state index contributed by atoms with van der Waals surface area (Å²) < 4.78 is 7.12. The summed E-state index contributed by atoms with van der Waals surface area (Å²) in [7, 11) is 0. The Bertz CT molecular complexity index is 769. The van der Waals surface area contributed by atoms with E-state index in [0.29, 0.717) is 6.61 Å². The number of benzene rings is 2. The Morgan fingerprint density at radius 2 is 1.88 bits per heavy atom. The van der Waals surface area contributed by atoms with E-state index in [9.17, 15) is 0 Å². The minimum Gasteiger partial charge on any atom is -0.489 e. The second kappa shape index (κ2) is 8.47. The van der Waals surface area contributed by atoms with Crippen molar-refractivity contribution >= 4 is 27.3 Å². The van der Waals surface area contributed by atoms with Crippen LogP contribution >= 0.6 is 27.3 Å². The Hall–Kier alpha value is -1.62. The van der Waals surface area contributed by atoms with E-state index in [-0.39, 0.29) is 0 Å². The molecule has 2 nitrogen and oxygen atoms in total. The van der Waals surface area contributed by atoms with Gasteiger partial charge in [-0.3, -0.25) is 0 Å². The smallest absolute Gasteiger partial charge is 0.124 e. The van der Waals surface area contributed by atoms with E-state index in [1.807, 2.05) is 12.1 Å². The van der Waals surface area contributed by atoms with Crippen LogP contribution in [0.4, 0.5) is 0 Å². The Morgan fingerprint density at radius 3 is 2.62 bits per heavy atom.